The Bertz CT molecular complexity index is 1220. The first-order chi connectivity index (χ1) is 14.3. The molecule has 1 atom stereocenters. The van der Waals surface area contributed by atoms with Gasteiger partial charge in [0.25, 0.3) is 0 Å². The molecule has 4 heterocycles. The highest BCUT2D eigenvalue weighted by atomic mass is 32.1. The van der Waals surface area contributed by atoms with Gasteiger partial charge in [0, 0.05) is 29.4 Å². The van der Waals surface area contributed by atoms with Crippen LogP contribution in [0.2, 0.25) is 0 Å². The molecular weight excluding hydrogens is 411 g/mol. The van der Waals surface area contributed by atoms with Crippen molar-refractivity contribution in [2.45, 2.75) is 38.9 Å². The molecule has 4 aromatic heterocycles. The maximum Gasteiger partial charge on any atom is 0.417 e. The lowest BCUT2D eigenvalue weighted by atomic mass is 10.1. The van der Waals surface area contributed by atoms with Gasteiger partial charge >= 0.3 is 6.18 Å². The highest BCUT2D eigenvalue weighted by Gasteiger charge is 2.31. The van der Waals surface area contributed by atoms with Crippen LogP contribution in [0, 0.1) is 0 Å². The van der Waals surface area contributed by atoms with Crippen LogP contribution in [0.5, 0.6) is 0 Å². The summed E-state index contributed by atoms with van der Waals surface area (Å²) in [5.41, 5.74) is 1.09. The Morgan fingerprint density at radius 1 is 1.30 bits per heavy atom. The number of anilines is 1. The molecule has 156 valence electrons. The third kappa shape index (κ3) is 3.89. The Kier molecular flexibility index (Phi) is 5.23. The summed E-state index contributed by atoms with van der Waals surface area (Å²) in [6.07, 6.45) is -0.376. The van der Waals surface area contributed by atoms with Crippen LogP contribution in [0.4, 0.5) is 19.0 Å². The molecule has 0 fully saturated rings. The number of pyridine rings is 1. The Hall–Kier alpha value is -2.94. The van der Waals surface area contributed by atoms with Crippen LogP contribution in [0.15, 0.2) is 42.1 Å². The number of rotatable bonds is 6. The molecule has 1 unspecified atom stereocenters. The topological polar surface area (TPSA) is 66.5 Å². The first kappa shape index (κ1) is 20.3. The van der Waals surface area contributed by atoms with Gasteiger partial charge in [0.15, 0.2) is 5.82 Å². The molecule has 0 aliphatic heterocycles. The van der Waals surface area contributed by atoms with E-state index in [1.54, 1.807) is 6.20 Å². The molecule has 0 spiro atoms. The molecule has 2 N–H and O–H groups in total. The number of alkyl halides is 3. The zero-order valence-electron chi connectivity index (χ0n) is 16.5. The van der Waals surface area contributed by atoms with Gasteiger partial charge in [0.05, 0.1) is 10.9 Å². The Morgan fingerprint density at radius 2 is 2.10 bits per heavy atom. The number of thiophene rings is 1. The van der Waals surface area contributed by atoms with Crippen LogP contribution in [-0.4, -0.2) is 26.0 Å². The molecule has 0 aliphatic carbocycles. The van der Waals surface area contributed by atoms with Crippen molar-refractivity contribution in [3.8, 4) is 11.4 Å². The Balaban J connectivity index is 1.83. The minimum atomic E-state index is -4.47. The van der Waals surface area contributed by atoms with E-state index in [2.05, 4.69) is 38.8 Å². The summed E-state index contributed by atoms with van der Waals surface area (Å²) in [5.74, 6) is 1.02. The van der Waals surface area contributed by atoms with Gasteiger partial charge in [-0.05, 0) is 37.3 Å². The minimum Gasteiger partial charge on any atom is -0.366 e. The van der Waals surface area contributed by atoms with Gasteiger partial charge in [-0.25, -0.2) is 15.0 Å². The van der Waals surface area contributed by atoms with E-state index in [4.69, 9.17) is 0 Å². The normalized spacial score (nSPS) is 13.1. The number of H-pyrrole nitrogens is 1. The number of fused-ring (bicyclic) bond motifs is 2. The number of hydrogen-bond donors (Lipinski definition) is 2. The predicted octanol–water partition coefficient (Wildman–Crippen LogP) is 6.41. The lowest BCUT2D eigenvalue weighted by molar-refractivity contribution is -0.137. The summed E-state index contributed by atoms with van der Waals surface area (Å²) < 4.78 is 39.5. The quantitative estimate of drug-likeness (QED) is 0.346. The highest BCUT2D eigenvalue weighted by Crippen LogP contribution is 2.35. The molecule has 0 radical (unpaired) electrons. The smallest absolute Gasteiger partial charge is 0.366 e. The van der Waals surface area contributed by atoms with Crippen LogP contribution in [0.1, 0.15) is 32.3 Å². The second kappa shape index (κ2) is 7.71. The van der Waals surface area contributed by atoms with Crippen molar-refractivity contribution in [3.63, 3.8) is 0 Å². The molecule has 0 aliphatic rings. The molecule has 9 heteroatoms. The van der Waals surface area contributed by atoms with Gasteiger partial charge in [-0.2, -0.15) is 13.2 Å². The Morgan fingerprint density at radius 3 is 2.80 bits per heavy atom. The largest absolute Gasteiger partial charge is 0.417 e. The molecule has 0 aromatic carbocycles. The van der Waals surface area contributed by atoms with Crippen molar-refractivity contribution in [1.29, 1.82) is 0 Å². The number of nitrogens with one attached hydrogen (secondary N) is 2. The van der Waals surface area contributed by atoms with E-state index in [-0.39, 0.29) is 6.04 Å². The van der Waals surface area contributed by atoms with E-state index in [9.17, 15) is 13.2 Å². The minimum absolute atomic E-state index is 0.148. The van der Waals surface area contributed by atoms with E-state index in [0.29, 0.717) is 28.2 Å². The van der Waals surface area contributed by atoms with Gasteiger partial charge in [-0.3, -0.25) is 0 Å². The third-order valence-electron chi connectivity index (χ3n) is 4.85. The fraction of sp³-hybridized carbons (Fsp3) is 0.286. The van der Waals surface area contributed by atoms with Crippen molar-refractivity contribution in [2.24, 2.45) is 0 Å². The fourth-order valence-corrected chi connectivity index (χ4v) is 4.10. The standard InChI is InChI=1S/C21H20F3N5S/c1-4-13(7-11(2)3)27-18-14-5-6-30-20(14)29-19(28-18)16-10-26-17-15(16)8-12(9-25-17)21(22,23)24/h5-6,8-10,13H,2,4,7H2,1,3H3,(H,25,26)(H,27,28,29). The lowest BCUT2D eigenvalue weighted by Gasteiger charge is -2.18. The fourth-order valence-electron chi connectivity index (χ4n) is 3.34. The van der Waals surface area contributed by atoms with Crippen molar-refractivity contribution in [3.05, 3.63) is 47.6 Å². The summed E-state index contributed by atoms with van der Waals surface area (Å²) in [4.78, 5) is 16.9. The third-order valence-corrected chi connectivity index (χ3v) is 5.66. The van der Waals surface area contributed by atoms with Gasteiger partial charge in [0.2, 0.25) is 0 Å². The van der Waals surface area contributed by atoms with Crippen molar-refractivity contribution in [1.82, 2.24) is 19.9 Å². The Labute approximate surface area is 175 Å². The zero-order valence-corrected chi connectivity index (χ0v) is 17.3. The molecule has 0 saturated carbocycles. The van der Waals surface area contributed by atoms with Crippen LogP contribution in [0.3, 0.4) is 0 Å². The SMILES string of the molecule is C=C(C)CC(CC)Nc1nc(-c2c[nH]c3ncc(C(F)(F)F)cc23)nc2sccc12. The number of aromatic nitrogens is 4. The van der Waals surface area contributed by atoms with Crippen molar-refractivity contribution < 1.29 is 13.2 Å². The maximum absolute atomic E-state index is 13.2. The van der Waals surface area contributed by atoms with E-state index in [0.717, 1.165) is 40.9 Å². The number of nitrogens with zero attached hydrogens (tertiary/aromatic N) is 3. The van der Waals surface area contributed by atoms with Gasteiger partial charge in [0.1, 0.15) is 16.3 Å². The van der Waals surface area contributed by atoms with Crippen molar-refractivity contribution in [2.75, 3.05) is 5.32 Å². The molecule has 0 saturated heterocycles. The second-order valence-electron chi connectivity index (χ2n) is 7.27. The van der Waals surface area contributed by atoms with Crippen LogP contribution >= 0.6 is 11.3 Å². The van der Waals surface area contributed by atoms with E-state index < -0.39 is 11.7 Å². The average molecular weight is 431 g/mol. The highest BCUT2D eigenvalue weighted by molar-refractivity contribution is 7.16. The monoisotopic (exact) mass is 431 g/mol. The summed E-state index contributed by atoms with van der Waals surface area (Å²) >= 11 is 1.46. The van der Waals surface area contributed by atoms with Crippen LogP contribution < -0.4 is 5.32 Å². The van der Waals surface area contributed by atoms with Gasteiger partial charge < -0.3 is 10.3 Å². The van der Waals surface area contributed by atoms with Crippen LogP contribution in [0.25, 0.3) is 32.6 Å². The number of hydrogen-bond acceptors (Lipinski definition) is 5. The molecule has 4 rings (SSSR count). The molecule has 30 heavy (non-hydrogen) atoms. The van der Waals surface area contributed by atoms with Crippen LogP contribution in [-0.2, 0) is 6.18 Å². The molecule has 4 aromatic rings. The predicted molar refractivity (Wildman–Crippen MR) is 115 cm³/mol. The number of halogens is 3. The van der Waals surface area contributed by atoms with E-state index in [1.807, 2.05) is 18.4 Å². The molecule has 0 bridgehead atoms. The summed E-state index contributed by atoms with van der Waals surface area (Å²) in [5, 5.41) is 6.61. The maximum atomic E-state index is 13.2. The lowest BCUT2D eigenvalue weighted by Crippen LogP contribution is -2.19. The van der Waals surface area contributed by atoms with E-state index >= 15 is 0 Å². The number of aromatic amines is 1. The summed E-state index contributed by atoms with van der Waals surface area (Å²) in [7, 11) is 0. The zero-order chi connectivity index (χ0) is 21.5. The first-order valence-corrected chi connectivity index (χ1v) is 10.3. The van der Waals surface area contributed by atoms with E-state index in [1.165, 1.54) is 11.3 Å². The molecular formula is C21H20F3N5S. The second-order valence-corrected chi connectivity index (χ2v) is 8.16. The summed E-state index contributed by atoms with van der Waals surface area (Å²) in [6.45, 7) is 8.04. The van der Waals surface area contributed by atoms with Crippen molar-refractivity contribution >= 4 is 38.4 Å². The van der Waals surface area contributed by atoms with Gasteiger partial charge in [-0.1, -0.05) is 12.5 Å². The first-order valence-electron chi connectivity index (χ1n) is 9.47. The molecule has 0 amide bonds. The summed E-state index contributed by atoms with van der Waals surface area (Å²) in [6, 6.07) is 3.17. The molecule has 5 nitrogen and oxygen atoms in total. The average Bonchev–Trinajstić information content (AvgIpc) is 3.32. The van der Waals surface area contributed by atoms with Gasteiger partial charge in [-0.15, -0.1) is 17.9 Å².